The van der Waals surface area contributed by atoms with Crippen molar-refractivity contribution in [1.82, 2.24) is 9.97 Å². The Labute approximate surface area is 118 Å². The van der Waals surface area contributed by atoms with E-state index in [1.807, 2.05) is 0 Å². The predicted octanol–water partition coefficient (Wildman–Crippen LogP) is 1.39. The molecular formula is C13H19N3O3S. The summed E-state index contributed by atoms with van der Waals surface area (Å²) in [5, 5.41) is 0. The molecule has 1 aromatic heterocycles. The first-order valence-corrected chi connectivity index (χ1v) is 8.25. The zero-order valence-electron chi connectivity index (χ0n) is 11.6. The van der Waals surface area contributed by atoms with E-state index < -0.39 is 9.84 Å². The Bertz CT molecular complexity index is 694. The first kappa shape index (κ1) is 15.0. The minimum Gasteiger partial charge on any atom is -0.385 e. The highest BCUT2D eigenvalue weighted by Gasteiger charge is 2.13. The van der Waals surface area contributed by atoms with Crippen LogP contribution in [0, 0.1) is 0 Å². The molecule has 110 valence electrons. The van der Waals surface area contributed by atoms with Crippen LogP contribution in [-0.4, -0.2) is 38.4 Å². The number of methoxy groups -OCH3 is 1. The van der Waals surface area contributed by atoms with Gasteiger partial charge in [-0.05, 0) is 31.0 Å². The van der Waals surface area contributed by atoms with Crippen LogP contribution in [0.5, 0.6) is 0 Å². The van der Waals surface area contributed by atoms with Crippen LogP contribution in [0.2, 0.25) is 0 Å². The lowest BCUT2D eigenvalue weighted by molar-refractivity contribution is 0.190. The molecule has 0 amide bonds. The van der Waals surface area contributed by atoms with Crippen molar-refractivity contribution in [3.8, 4) is 0 Å². The molecule has 1 heterocycles. The molecule has 1 unspecified atom stereocenters. The van der Waals surface area contributed by atoms with Gasteiger partial charge >= 0.3 is 0 Å². The minimum atomic E-state index is -3.22. The number of imidazole rings is 1. The smallest absolute Gasteiger partial charge is 0.175 e. The molecule has 6 nitrogen and oxygen atoms in total. The van der Waals surface area contributed by atoms with Crippen molar-refractivity contribution in [1.29, 1.82) is 0 Å². The topological polar surface area (TPSA) is 98.1 Å². The zero-order valence-corrected chi connectivity index (χ0v) is 12.4. The summed E-state index contributed by atoms with van der Waals surface area (Å²) in [6.07, 6.45) is 2.79. The first-order chi connectivity index (χ1) is 9.41. The molecule has 0 fully saturated rings. The lowest BCUT2D eigenvalue weighted by Crippen LogP contribution is -2.12. The van der Waals surface area contributed by atoms with Crippen molar-refractivity contribution >= 4 is 20.9 Å². The van der Waals surface area contributed by atoms with Crippen molar-refractivity contribution < 1.29 is 13.2 Å². The summed E-state index contributed by atoms with van der Waals surface area (Å²) in [4.78, 5) is 7.76. The van der Waals surface area contributed by atoms with Gasteiger partial charge in [0.25, 0.3) is 0 Å². The van der Waals surface area contributed by atoms with Crippen LogP contribution >= 0.6 is 0 Å². The van der Waals surface area contributed by atoms with Crippen molar-refractivity contribution in [2.75, 3.05) is 20.0 Å². The van der Waals surface area contributed by atoms with Crippen LogP contribution in [0.4, 0.5) is 0 Å². The standard InChI is InChI=1S/C13H19N3O3S/c1-19-7-3-4-10(14)13-15-11-6-5-9(20(2,17)18)8-12(11)16-13/h5-6,8,10H,3-4,7,14H2,1-2H3,(H,15,16). The van der Waals surface area contributed by atoms with Crippen molar-refractivity contribution in [2.24, 2.45) is 5.73 Å². The average molecular weight is 297 g/mol. The third kappa shape index (κ3) is 3.36. The van der Waals surface area contributed by atoms with Gasteiger partial charge in [0.2, 0.25) is 0 Å². The third-order valence-corrected chi connectivity index (χ3v) is 4.22. The highest BCUT2D eigenvalue weighted by atomic mass is 32.2. The SMILES string of the molecule is COCCCC(N)c1nc2ccc(S(C)(=O)=O)cc2[nH]1. The molecule has 2 rings (SSSR count). The molecule has 1 atom stereocenters. The minimum absolute atomic E-state index is 0.209. The summed E-state index contributed by atoms with van der Waals surface area (Å²) in [6, 6.07) is 4.62. The molecule has 0 saturated heterocycles. The van der Waals surface area contributed by atoms with Gasteiger partial charge < -0.3 is 15.5 Å². The van der Waals surface area contributed by atoms with Gasteiger partial charge in [0.05, 0.1) is 22.0 Å². The van der Waals surface area contributed by atoms with Crippen molar-refractivity contribution in [2.45, 2.75) is 23.8 Å². The van der Waals surface area contributed by atoms with Gasteiger partial charge in [0, 0.05) is 20.0 Å². The maximum Gasteiger partial charge on any atom is 0.175 e. The number of sulfone groups is 1. The molecule has 3 N–H and O–H groups in total. The highest BCUT2D eigenvalue weighted by molar-refractivity contribution is 7.90. The number of H-pyrrole nitrogens is 1. The average Bonchev–Trinajstić information content (AvgIpc) is 2.80. The fraction of sp³-hybridized carbons (Fsp3) is 0.462. The number of nitrogens with two attached hydrogens (primary N) is 1. The van der Waals surface area contributed by atoms with Crippen LogP contribution in [0.1, 0.15) is 24.7 Å². The number of aromatic nitrogens is 2. The molecule has 0 bridgehead atoms. The van der Waals surface area contributed by atoms with E-state index in [1.165, 1.54) is 6.26 Å². The molecule has 0 aliphatic heterocycles. The number of hydrogen-bond donors (Lipinski definition) is 2. The fourth-order valence-electron chi connectivity index (χ4n) is 2.00. The maximum atomic E-state index is 11.5. The van der Waals surface area contributed by atoms with Gasteiger partial charge in [-0.25, -0.2) is 13.4 Å². The predicted molar refractivity (Wildman–Crippen MR) is 77.2 cm³/mol. The second kappa shape index (κ2) is 5.90. The maximum absolute atomic E-state index is 11.5. The summed E-state index contributed by atoms with van der Waals surface area (Å²) in [5.41, 5.74) is 7.46. The van der Waals surface area contributed by atoms with Crippen LogP contribution in [0.15, 0.2) is 23.1 Å². The number of nitrogens with one attached hydrogen (secondary N) is 1. The number of rotatable bonds is 6. The molecule has 0 aliphatic rings. The Morgan fingerprint density at radius 3 is 2.85 bits per heavy atom. The summed E-state index contributed by atoms with van der Waals surface area (Å²) in [5.74, 6) is 0.668. The lowest BCUT2D eigenvalue weighted by atomic mass is 10.1. The normalized spacial score (nSPS) is 13.8. The molecule has 0 aliphatic carbocycles. The zero-order chi connectivity index (χ0) is 14.8. The number of fused-ring (bicyclic) bond motifs is 1. The van der Waals surface area contributed by atoms with Crippen molar-refractivity contribution in [3.63, 3.8) is 0 Å². The molecule has 1 aromatic carbocycles. The lowest BCUT2D eigenvalue weighted by Gasteiger charge is -2.07. The Morgan fingerprint density at radius 2 is 2.20 bits per heavy atom. The van der Waals surface area contributed by atoms with Crippen LogP contribution in [-0.2, 0) is 14.6 Å². The summed E-state index contributed by atoms with van der Waals surface area (Å²) in [7, 11) is -1.57. The largest absolute Gasteiger partial charge is 0.385 e. The molecule has 7 heteroatoms. The van der Waals surface area contributed by atoms with Gasteiger partial charge in [-0.2, -0.15) is 0 Å². The number of aromatic amines is 1. The van der Waals surface area contributed by atoms with E-state index in [9.17, 15) is 8.42 Å². The second-order valence-corrected chi connectivity index (χ2v) is 6.83. The van der Waals surface area contributed by atoms with Gasteiger partial charge in [-0.15, -0.1) is 0 Å². The number of nitrogens with zero attached hydrogens (tertiary/aromatic N) is 1. The molecular weight excluding hydrogens is 278 g/mol. The quantitative estimate of drug-likeness (QED) is 0.785. The third-order valence-electron chi connectivity index (χ3n) is 3.11. The van der Waals surface area contributed by atoms with Gasteiger partial charge in [0.15, 0.2) is 9.84 Å². The van der Waals surface area contributed by atoms with E-state index in [-0.39, 0.29) is 10.9 Å². The summed E-state index contributed by atoms with van der Waals surface area (Å²) in [6.45, 7) is 0.659. The monoisotopic (exact) mass is 297 g/mol. The number of benzene rings is 1. The Balaban J connectivity index is 2.25. The molecule has 0 spiro atoms. The van der Waals surface area contributed by atoms with Crippen LogP contribution in [0.25, 0.3) is 11.0 Å². The van der Waals surface area contributed by atoms with Crippen LogP contribution in [0.3, 0.4) is 0 Å². The number of ether oxygens (including phenoxy) is 1. The van der Waals surface area contributed by atoms with Crippen LogP contribution < -0.4 is 5.73 Å². The first-order valence-electron chi connectivity index (χ1n) is 6.36. The van der Waals surface area contributed by atoms with E-state index in [0.717, 1.165) is 18.4 Å². The Kier molecular flexibility index (Phi) is 4.42. The van der Waals surface area contributed by atoms with Gasteiger partial charge in [-0.1, -0.05) is 0 Å². The van der Waals surface area contributed by atoms with E-state index in [0.29, 0.717) is 17.9 Å². The fourth-order valence-corrected chi connectivity index (χ4v) is 2.65. The van der Waals surface area contributed by atoms with E-state index in [4.69, 9.17) is 10.5 Å². The molecule has 0 saturated carbocycles. The molecule has 2 aromatic rings. The molecule has 0 radical (unpaired) electrons. The summed E-state index contributed by atoms with van der Waals surface area (Å²) >= 11 is 0. The summed E-state index contributed by atoms with van der Waals surface area (Å²) < 4.78 is 28.0. The van der Waals surface area contributed by atoms with Crippen molar-refractivity contribution in [3.05, 3.63) is 24.0 Å². The van der Waals surface area contributed by atoms with Gasteiger partial charge in [0.1, 0.15) is 5.82 Å². The molecule has 20 heavy (non-hydrogen) atoms. The number of hydrogen-bond acceptors (Lipinski definition) is 5. The highest BCUT2D eigenvalue weighted by Crippen LogP contribution is 2.20. The van der Waals surface area contributed by atoms with E-state index in [1.54, 1.807) is 25.3 Å². The Hall–Kier alpha value is -1.44. The van der Waals surface area contributed by atoms with E-state index in [2.05, 4.69) is 9.97 Å². The van der Waals surface area contributed by atoms with Gasteiger partial charge in [-0.3, -0.25) is 0 Å². The van der Waals surface area contributed by atoms with E-state index >= 15 is 0 Å². The Morgan fingerprint density at radius 1 is 1.45 bits per heavy atom. The second-order valence-electron chi connectivity index (χ2n) is 4.81.